The third-order valence-corrected chi connectivity index (χ3v) is 12.6. The second-order valence-corrected chi connectivity index (χ2v) is 15.6. The molecular weight excluding hydrogens is 663 g/mol. The van der Waals surface area contributed by atoms with Gasteiger partial charge in [-0.25, -0.2) is 14.8 Å². The van der Waals surface area contributed by atoms with E-state index < -0.39 is 12.1 Å². The number of hydrogen-bond acceptors (Lipinski definition) is 6. The predicted octanol–water partition coefficient (Wildman–Crippen LogP) is 8.51. The van der Waals surface area contributed by atoms with E-state index in [0.717, 1.165) is 66.2 Å². The van der Waals surface area contributed by atoms with Gasteiger partial charge in [0.25, 0.3) is 0 Å². The van der Waals surface area contributed by atoms with E-state index in [1.807, 2.05) is 24.9 Å². The monoisotopic (exact) mass is 711 g/mol. The summed E-state index contributed by atoms with van der Waals surface area (Å²) in [5.41, 5.74) is 12.3. The standard InChI is InChI=1S/C43H49N7O3/c1-4-24(2)39(49-43(52)53-3)42(51)50-20-6-8-36(50)41-46-32-18-15-27(22-34(32)47-41)31-17-16-30(37-28-13-14-29(21-28)38(31)37)25-9-11-26(12-10-25)35-23-45-40(48-35)33-7-5-19-44-33/h9-12,15-18,22-24,28-29,33,36,39,44H,4-8,13-14,19-21H2,1-3H3,(H,45,48)(H,46,47)(H,49,52)/t24?,28?,29?,33?,36?,39-/m0/s1. The Morgan fingerprint density at radius 2 is 1.64 bits per heavy atom. The second-order valence-electron chi connectivity index (χ2n) is 15.6. The van der Waals surface area contributed by atoms with Crippen molar-refractivity contribution in [2.45, 2.75) is 95.2 Å². The summed E-state index contributed by atoms with van der Waals surface area (Å²) >= 11 is 0. The number of benzene rings is 3. The van der Waals surface area contributed by atoms with Crippen LogP contribution in [0.15, 0.2) is 60.8 Å². The maximum atomic E-state index is 13.9. The Balaban J connectivity index is 0.996. The molecule has 53 heavy (non-hydrogen) atoms. The minimum atomic E-state index is -0.647. The first-order valence-electron chi connectivity index (χ1n) is 19.6. The van der Waals surface area contributed by atoms with E-state index in [9.17, 15) is 9.59 Å². The van der Waals surface area contributed by atoms with Crippen molar-refractivity contribution < 1.29 is 14.3 Å². The van der Waals surface area contributed by atoms with Gasteiger partial charge in [-0.1, -0.05) is 62.7 Å². The van der Waals surface area contributed by atoms with Crippen molar-refractivity contribution in [2.24, 2.45) is 5.92 Å². The maximum Gasteiger partial charge on any atom is 0.407 e. The summed E-state index contributed by atoms with van der Waals surface area (Å²) in [6, 6.07) is 19.7. The molecule has 2 bridgehead atoms. The van der Waals surface area contributed by atoms with E-state index in [1.165, 1.54) is 66.2 Å². The molecule has 6 atom stereocenters. The fraction of sp³-hybridized carbons (Fsp3) is 0.442. The van der Waals surface area contributed by atoms with Gasteiger partial charge in [0.2, 0.25) is 5.91 Å². The molecule has 2 aromatic heterocycles. The summed E-state index contributed by atoms with van der Waals surface area (Å²) in [6.45, 7) is 5.71. The fourth-order valence-electron chi connectivity index (χ4n) is 9.65. The number of likely N-dealkylation sites (tertiary alicyclic amines) is 1. The lowest BCUT2D eigenvalue weighted by Gasteiger charge is -2.30. The van der Waals surface area contributed by atoms with Gasteiger partial charge < -0.3 is 30.2 Å². The fourth-order valence-corrected chi connectivity index (χ4v) is 9.65. The van der Waals surface area contributed by atoms with Crippen LogP contribution >= 0.6 is 0 Å². The number of rotatable bonds is 9. The summed E-state index contributed by atoms with van der Waals surface area (Å²) in [5, 5.41) is 6.33. The molecule has 4 N–H and O–H groups in total. The highest BCUT2D eigenvalue weighted by Gasteiger charge is 2.41. The van der Waals surface area contributed by atoms with Crippen LogP contribution in [-0.2, 0) is 9.53 Å². The average molecular weight is 712 g/mol. The van der Waals surface area contributed by atoms with Crippen molar-refractivity contribution in [2.75, 3.05) is 20.2 Å². The number of nitrogens with one attached hydrogen (secondary N) is 4. The number of alkyl carbamates (subject to hydrolysis) is 1. The van der Waals surface area contributed by atoms with Gasteiger partial charge in [0.15, 0.2) is 0 Å². The number of carbonyl (C=O) groups is 2. The van der Waals surface area contributed by atoms with Crippen LogP contribution in [0, 0.1) is 5.92 Å². The molecule has 5 aromatic rings. The number of aromatic nitrogens is 4. The molecule has 2 aliphatic carbocycles. The molecule has 3 aromatic carbocycles. The van der Waals surface area contributed by atoms with E-state index in [-0.39, 0.29) is 17.9 Å². The average Bonchev–Trinajstić information content (AvgIpc) is 4.05. The topological polar surface area (TPSA) is 128 Å². The lowest BCUT2D eigenvalue weighted by Crippen LogP contribution is -2.51. The number of imidazole rings is 2. The molecule has 0 spiro atoms. The molecule has 9 rings (SSSR count). The van der Waals surface area contributed by atoms with Gasteiger partial charge in [-0.3, -0.25) is 4.79 Å². The van der Waals surface area contributed by atoms with Gasteiger partial charge in [0, 0.05) is 6.54 Å². The molecule has 2 aliphatic heterocycles. The zero-order chi connectivity index (χ0) is 36.2. The van der Waals surface area contributed by atoms with E-state index >= 15 is 0 Å². The van der Waals surface area contributed by atoms with Crippen molar-refractivity contribution in [3.8, 4) is 33.5 Å². The minimum Gasteiger partial charge on any atom is -0.453 e. The van der Waals surface area contributed by atoms with Gasteiger partial charge in [0.1, 0.15) is 17.7 Å². The van der Waals surface area contributed by atoms with Crippen LogP contribution in [0.1, 0.15) is 112 Å². The Labute approximate surface area is 310 Å². The zero-order valence-corrected chi connectivity index (χ0v) is 30.9. The van der Waals surface area contributed by atoms with Crippen LogP contribution in [0.2, 0.25) is 0 Å². The zero-order valence-electron chi connectivity index (χ0n) is 30.9. The third-order valence-electron chi connectivity index (χ3n) is 12.6. The number of methoxy groups -OCH3 is 1. The number of ether oxygens (including phenoxy) is 1. The number of nitrogens with zero attached hydrogens (tertiary/aromatic N) is 3. The van der Waals surface area contributed by atoms with Gasteiger partial charge in [-0.15, -0.1) is 0 Å². The Bertz CT molecular complexity index is 2160. The van der Waals surface area contributed by atoms with Crippen molar-refractivity contribution in [3.05, 3.63) is 83.6 Å². The van der Waals surface area contributed by atoms with Crippen LogP contribution < -0.4 is 10.6 Å². The maximum absolute atomic E-state index is 13.9. The molecule has 274 valence electrons. The third kappa shape index (κ3) is 6.01. The van der Waals surface area contributed by atoms with Crippen LogP contribution in [0.5, 0.6) is 0 Å². The molecule has 0 radical (unpaired) electrons. The summed E-state index contributed by atoms with van der Waals surface area (Å²) in [6.07, 6.45) is 9.90. The van der Waals surface area contributed by atoms with Crippen molar-refractivity contribution in [1.82, 2.24) is 35.5 Å². The van der Waals surface area contributed by atoms with Crippen molar-refractivity contribution in [3.63, 3.8) is 0 Å². The SMILES string of the molecule is CCC(C)[C@H](NC(=O)OC)C(=O)N1CCCC1c1nc2ccc(-c3ccc(-c4ccc(-c5cnc(C6CCCN6)[nH]5)cc4)c4c3C3CCC4C3)cc2[nH]1. The number of fused-ring (bicyclic) bond motifs is 6. The van der Waals surface area contributed by atoms with Gasteiger partial charge in [-0.2, -0.15) is 0 Å². The number of H-pyrrole nitrogens is 2. The first kappa shape index (κ1) is 33.8. The number of hydrogen-bond donors (Lipinski definition) is 4. The van der Waals surface area contributed by atoms with E-state index in [0.29, 0.717) is 24.4 Å². The summed E-state index contributed by atoms with van der Waals surface area (Å²) in [5.74, 6) is 2.90. The van der Waals surface area contributed by atoms with Gasteiger partial charge in [0.05, 0.1) is 42.1 Å². The lowest BCUT2D eigenvalue weighted by atomic mass is 9.81. The minimum absolute atomic E-state index is 0.0294. The van der Waals surface area contributed by atoms with Crippen molar-refractivity contribution >= 4 is 23.0 Å². The molecule has 10 heteroatoms. The number of amides is 2. The van der Waals surface area contributed by atoms with E-state index in [1.54, 1.807) is 0 Å². The van der Waals surface area contributed by atoms with Crippen LogP contribution in [0.3, 0.4) is 0 Å². The highest BCUT2D eigenvalue weighted by Crippen LogP contribution is 2.58. The highest BCUT2D eigenvalue weighted by molar-refractivity contribution is 5.88. The Kier molecular flexibility index (Phi) is 8.81. The van der Waals surface area contributed by atoms with E-state index in [2.05, 4.69) is 80.2 Å². The van der Waals surface area contributed by atoms with Crippen LogP contribution in [-0.4, -0.2) is 63.1 Å². The molecule has 10 nitrogen and oxygen atoms in total. The molecule has 1 saturated carbocycles. The smallest absolute Gasteiger partial charge is 0.407 e. The molecule has 2 amide bonds. The summed E-state index contributed by atoms with van der Waals surface area (Å²) in [7, 11) is 1.33. The lowest BCUT2D eigenvalue weighted by molar-refractivity contribution is -0.135. The van der Waals surface area contributed by atoms with Crippen LogP contribution in [0.4, 0.5) is 4.79 Å². The molecule has 4 aliphatic rings. The number of carbonyl (C=O) groups excluding carboxylic acids is 2. The van der Waals surface area contributed by atoms with E-state index in [4.69, 9.17) is 9.72 Å². The normalized spacial score (nSPS) is 23.0. The highest BCUT2D eigenvalue weighted by atomic mass is 16.5. The summed E-state index contributed by atoms with van der Waals surface area (Å²) in [4.78, 5) is 44.8. The summed E-state index contributed by atoms with van der Waals surface area (Å²) < 4.78 is 4.85. The first-order valence-corrected chi connectivity index (χ1v) is 19.6. The molecule has 5 unspecified atom stereocenters. The number of aromatic amines is 2. The second kappa shape index (κ2) is 13.8. The molecule has 4 heterocycles. The molecule has 2 saturated heterocycles. The van der Waals surface area contributed by atoms with Gasteiger partial charge in [-0.05, 0) is 120 Å². The Hall–Kier alpha value is -4.96. The Morgan fingerprint density at radius 3 is 2.36 bits per heavy atom. The quantitative estimate of drug-likeness (QED) is 0.121. The molecular formula is C43H49N7O3. The first-order chi connectivity index (χ1) is 25.9. The largest absolute Gasteiger partial charge is 0.453 e. The van der Waals surface area contributed by atoms with Gasteiger partial charge >= 0.3 is 6.09 Å². The van der Waals surface area contributed by atoms with Crippen LogP contribution in [0.25, 0.3) is 44.5 Å². The predicted molar refractivity (Wildman–Crippen MR) is 206 cm³/mol. The molecule has 3 fully saturated rings. The Morgan fingerprint density at radius 1 is 0.906 bits per heavy atom. The van der Waals surface area contributed by atoms with Crippen molar-refractivity contribution in [1.29, 1.82) is 0 Å².